The van der Waals surface area contributed by atoms with Crippen molar-refractivity contribution in [3.8, 4) is 0 Å². The first-order valence-electron chi connectivity index (χ1n) is 6.78. The molecular formula is C15H20N2O2. The lowest BCUT2D eigenvalue weighted by Crippen LogP contribution is -2.20. The predicted octanol–water partition coefficient (Wildman–Crippen LogP) is 2.27. The van der Waals surface area contributed by atoms with Gasteiger partial charge >= 0.3 is 0 Å². The first-order chi connectivity index (χ1) is 9.06. The molecule has 4 heteroatoms. The smallest absolute Gasteiger partial charge is 0.224 e. The molecule has 1 aliphatic carbocycles. The summed E-state index contributed by atoms with van der Waals surface area (Å²) < 4.78 is 0. The van der Waals surface area contributed by atoms with Crippen molar-refractivity contribution >= 4 is 17.4 Å². The van der Waals surface area contributed by atoms with E-state index in [0.717, 1.165) is 24.0 Å². The van der Waals surface area contributed by atoms with Crippen LogP contribution < -0.4 is 11.1 Å². The van der Waals surface area contributed by atoms with Crippen LogP contribution in [-0.4, -0.2) is 17.7 Å². The van der Waals surface area contributed by atoms with E-state index in [1.54, 1.807) is 6.07 Å². The summed E-state index contributed by atoms with van der Waals surface area (Å²) in [6.45, 7) is 1.88. The third-order valence-electron chi connectivity index (χ3n) is 3.37. The van der Waals surface area contributed by atoms with E-state index in [4.69, 9.17) is 5.73 Å². The molecule has 0 bridgehead atoms. The van der Waals surface area contributed by atoms with Gasteiger partial charge in [-0.05, 0) is 43.9 Å². The Hall–Kier alpha value is -1.68. The number of anilines is 1. The summed E-state index contributed by atoms with van der Waals surface area (Å²) in [5.74, 6) is 0.119. The SMILES string of the molecule is CC(N)CCC(=O)Nc1ccc2c(c1)C(=O)CCC2. The molecule has 19 heavy (non-hydrogen) atoms. The number of aryl methyl sites for hydroxylation is 1. The van der Waals surface area contributed by atoms with Crippen LogP contribution >= 0.6 is 0 Å². The number of hydrogen-bond donors (Lipinski definition) is 2. The molecule has 1 unspecified atom stereocenters. The molecule has 4 nitrogen and oxygen atoms in total. The first kappa shape index (κ1) is 13.7. The second-order valence-electron chi connectivity index (χ2n) is 5.21. The van der Waals surface area contributed by atoms with Crippen molar-refractivity contribution < 1.29 is 9.59 Å². The van der Waals surface area contributed by atoms with E-state index in [1.165, 1.54) is 0 Å². The number of benzene rings is 1. The average molecular weight is 260 g/mol. The number of nitrogens with two attached hydrogens (primary N) is 1. The van der Waals surface area contributed by atoms with Crippen molar-refractivity contribution in [3.05, 3.63) is 29.3 Å². The normalized spacial score (nSPS) is 15.8. The lowest BCUT2D eigenvalue weighted by Gasteiger charge is -2.16. The van der Waals surface area contributed by atoms with Gasteiger partial charge in [0.05, 0.1) is 0 Å². The fourth-order valence-corrected chi connectivity index (χ4v) is 2.29. The van der Waals surface area contributed by atoms with Gasteiger partial charge in [0.25, 0.3) is 0 Å². The number of nitrogens with one attached hydrogen (secondary N) is 1. The zero-order valence-electron chi connectivity index (χ0n) is 11.2. The molecule has 0 saturated carbocycles. The van der Waals surface area contributed by atoms with Crippen molar-refractivity contribution in [1.82, 2.24) is 0 Å². The number of Topliss-reactive ketones (excluding diaryl/α,β-unsaturated/α-hetero) is 1. The summed E-state index contributed by atoms with van der Waals surface area (Å²) in [6.07, 6.45) is 3.54. The van der Waals surface area contributed by atoms with Crippen LogP contribution in [0.15, 0.2) is 18.2 Å². The summed E-state index contributed by atoms with van der Waals surface area (Å²) in [5.41, 5.74) is 8.16. The van der Waals surface area contributed by atoms with Crippen LogP contribution in [0.4, 0.5) is 5.69 Å². The number of fused-ring (bicyclic) bond motifs is 1. The molecule has 0 heterocycles. The molecule has 1 aliphatic rings. The fourth-order valence-electron chi connectivity index (χ4n) is 2.29. The van der Waals surface area contributed by atoms with E-state index in [2.05, 4.69) is 5.32 Å². The average Bonchev–Trinajstić information content (AvgIpc) is 2.37. The van der Waals surface area contributed by atoms with Gasteiger partial charge in [-0.1, -0.05) is 6.07 Å². The van der Waals surface area contributed by atoms with Crippen molar-refractivity contribution in [1.29, 1.82) is 0 Å². The van der Waals surface area contributed by atoms with Gasteiger partial charge in [-0.25, -0.2) is 0 Å². The maximum Gasteiger partial charge on any atom is 0.224 e. The van der Waals surface area contributed by atoms with Gasteiger partial charge in [0.2, 0.25) is 5.91 Å². The van der Waals surface area contributed by atoms with E-state index < -0.39 is 0 Å². The van der Waals surface area contributed by atoms with Crippen LogP contribution in [0.3, 0.4) is 0 Å². The summed E-state index contributed by atoms with van der Waals surface area (Å²) in [5, 5.41) is 2.82. The van der Waals surface area contributed by atoms with Crippen molar-refractivity contribution in [3.63, 3.8) is 0 Å². The Bertz CT molecular complexity index is 495. The molecule has 0 spiro atoms. The Labute approximate surface area is 113 Å². The zero-order valence-corrected chi connectivity index (χ0v) is 11.2. The fraction of sp³-hybridized carbons (Fsp3) is 0.467. The number of carbonyl (C=O) groups is 2. The Morgan fingerprint density at radius 2 is 2.21 bits per heavy atom. The quantitative estimate of drug-likeness (QED) is 0.872. The number of amides is 1. The van der Waals surface area contributed by atoms with Gasteiger partial charge in [0, 0.05) is 30.1 Å². The Morgan fingerprint density at radius 1 is 1.42 bits per heavy atom. The van der Waals surface area contributed by atoms with Crippen LogP contribution in [0, 0.1) is 0 Å². The van der Waals surface area contributed by atoms with Crippen LogP contribution in [0.25, 0.3) is 0 Å². The highest BCUT2D eigenvalue weighted by atomic mass is 16.1. The minimum absolute atomic E-state index is 0.0239. The lowest BCUT2D eigenvalue weighted by molar-refractivity contribution is -0.116. The molecule has 3 N–H and O–H groups in total. The van der Waals surface area contributed by atoms with E-state index in [0.29, 0.717) is 24.9 Å². The molecule has 0 saturated heterocycles. The highest BCUT2D eigenvalue weighted by Crippen LogP contribution is 2.24. The molecule has 0 fully saturated rings. The van der Waals surface area contributed by atoms with Crippen LogP contribution in [0.1, 0.15) is 48.5 Å². The second-order valence-corrected chi connectivity index (χ2v) is 5.21. The van der Waals surface area contributed by atoms with Gasteiger partial charge in [-0.3, -0.25) is 9.59 Å². The Kier molecular flexibility index (Phi) is 4.32. The van der Waals surface area contributed by atoms with E-state index in [-0.39, 0.29) is 17.7 Å². The number of carbonyl (C=O) groups excluding carboxylic acids is 2. The largest absolute Gasteiger partial charge is 0.328 e. The van der Waals surface area contributed by atoms with Gasteiger partial charge in [0.1, 0.15) is 0 Å². The maximum absolute atomic E-state index is 11.8. The van der Waals surface area contributed by atoms with Crippen LogP contribution in [0.2, 0.25) is 0 Å². The second kappa shape index (κ2) is 5.97. The van der Waals surface area contributed by atoms with Crippen molar-refractivity contribution in [2.45, 2.75) is 45.1 Å². The molecule has 0 radical (unpaired) electrons. The highest BCUT2D eigenvalue weighted by Gasteiger charge is 2.17. The topological polar surface area (TPSA) is 72.2 Å². The van der Waals surface area contributed by atoms with E-state index in [1.807, 2.05) is 19.1 Å². The predicted molar refractivity (Wildman–Crippen MR) is 75.2 cm³/mol. The molecule has 1 aromatic rings. The minimum atomic E-state index is -0.0551. The minimum Gasteiger partial charge on any atom is -0.328 e. The van der Waals surface area contributed by atoms with Crippen molar-refractivity contribution in [2.75, 3.05) is 5.32 Å². The summed E-state index contributed by atoms with van der Waals surface area (Å²) in [6, 6.07) is 5.62. The standard InChI is InChI=1S/C15H20N2O2/c1-10(16)5-8-15(19)17-12-7-6-11-3-2-4-14(18)13(11)9-12/h6-7,9-10H,2-5,8,16H2,1H3,(H,17,19). The maximum atomic E-state index is 11.8. The summed E-state index contributed by atoms with van der Waals surface area (Å²) in [4.78, 5) is 23.5. The molecular weight excluding hydrogens is 240 g/mol. The van der Waals surface area contributed by atoms with Gasteiger partial charge in [0.15, 0.2) is 5.78 Å². The molecule has 102 valence electrons. The Balaban J connectivity index is 2.03. The number of ketones is 1. The monoisotopic (exact) mass is 260 g/mol. The molecule has 1 amide bonds. The van der Waals surface area contributed by atoms with Gasteiger partial charge in [-0.15, -0.1) is 0 Å². The van der Waals surface area contributed by atoms with Gasteiger partial charge < -0.3 is 11.1 Å². The highest BCUT2D eigenvalue weighted by molar-refractivity contribution is 6.00. The summed E-state index contributed by atoms with van der Waals surface area (Å²) in [7, 11) is 0. The number of rotatable bonds is 4. The van der Waals surface area contributed by atoms with Crippen LogP contribution in [-0.2, 0) is 11.2 Å². The summed E-state index contributed by atoms with van der Waals surface area (Å²) >= 11 is 0. The molecule has 1 aromatic carbocycles. The third kappa shape index (κ3) is 3.64. The van der Waals surface area contributed by atoms with E-state index in [9.17, 15) is 9.59 Å². The number of hydrogen-bond acceptors (Lipinski definition) is 3. The van der Waals surface area contributed by atoms with Crippen LogP contribution in [0.5, 0.6) is 0 Å². The van der Waals surface area contributed by atoms with Crippen molar-refractivity contribution in [2.24, 2.45) is 5.73 Å². The molecule has 2 rings (SSSR count). The molecule has 0 aromatic heterocycles. The molecule has 0 aliphatic heterocycles. The lowest BCUT2D eigenvalue weighted by atomic mass is 9.90. The first-order valence-corrected chi connectivity index (χ1v) is 6.78. The van der Waals surface area contributed by atoms with Gasteiger partial charge in [-0.2, -0.15) is 0 Å². The Morgan fingerprint density at radius 3 is 2.95 bits per heavy atom. The third-order valence-corrected chi connectivity index (χ3v) is 3.37. The zero-order chi connectivity index (χ0) is 13.8. The van der Waals surface area contributed by atoms with E-state index >= 15 is 0 Å². The molecule has 1 atom stereocenters.